The maximum atomic E-state index is 12.7. The van der Waals surface area contributed by atoms with Crippen LogP contribution in [0.2, 0.25) is 0 Å². The summed E-state index contributed by atoms with van der Waals surface area (Å²) in [5.41, 5.74) is 4.08. The average Bonchev–Trinajstić information content (AvgIpc) is 3.42. The zero-order valence-electron chi connectivity index (χ0n) is 17.3. The van der Waals surface area contributed by atoms with Gasteiger partial charge >= 0.3 is 0 Å². The number of pyridine rings is 3. The SMILES string of the molecule is Cc1ccc(NC(=O)c2ccc3nnc([C@H]4CCN(Cc5cccnc5)C4)n3c2)cn1. The van der Waals surface area contributed by atoms with E-state index >= 15 is 0 Å². The number of aryl methyl sites for hydroxylation is 1. The standard InChI is InChI=1S/C23H23N7O/c1-16-4-6-20(12-25-16)26-23(31)19-5-7-21-27-28-22(30(21)15-19)18-8-10-29(14-18)13-17-3-2-9-24-11-17/h2-7,9,11-12,15,18H,8,10,13-14H2,1H3,(H,26,31)/t18-/m0/s1. The number of nitrogens with zero attached hydrogens (tertiary/aromatic N) is 6. The van der Waals surface area contributed by atoms with Gasteiger partial charge in [-0.15, -0.1) is 10.2 Å². The number of carbonyl (C=O) groups excluding carboxylic acids is 1. The van der Waals surface area contributed by atoms with E-state index in [4.69, 9.17) is 0 Å². The molecular formula is C23H23N7O. The number of hydrogen-bond acceptors (Lipinski definition) is 6. The molecule has 1 saturated heterocycles. The van der Waals surface area contributed by atoms with Crippen LogP contribution in [-0.4, -0.2) is 48.5 Å². The van der Waals surface area contributed by atoms with Gasteiger partial charge in [-0.3, -0.25) is 24.1 Å². The van der Waals surface area contributed by atoms with Crippen molar-refractivity contribution in [3.8, 4) is 0 Å². The third-order valence-corrected chi connectivity index (χ3v) is 5.63. The molecule has 5 rings (SSSR count). The molecule has 0 aromatic carbocycles. The number of aromatic nitrogens is 5. The highest BCUT2D eigenvalue weighted by atomic mass is 16.1. The third-order valence-electron chi connectivity index (χ3n) is 5.63. The fraction of sp³-hybridized carbons (Fsp3) is 0.261. The van der Waals surface area contributed by atoms with Gasteiger partial charge in [-0.1, -0.05) is 6.07 Å². The first-order valence-electron chi connectivity index (χ1n) is 10.4. The lowest BCUT2D eigenvalue weighted by atomic mass is 10.1. The van der Waals surface area contributed by atoms with Gasteiger partial charge in [0.05, 0.1) is 17.4 Å². The Morgan fingerprint density at radius 1 is 1.16 bits per heavy atom. The average molecular weight is 413 g/mol. The Morgan fingerprint density at radius 2 is 2.10 bits per heavy atom. The van der Waals surface area contributed by atoms with Crippen LogP contribution in [0.3, 0.4) is 0 Å². The molecule has 5 heterocycles. The van der Waals surface area contributed by atoms with Crippen molar-refractivity contribution in [2.75, 3.05) is 18.4 Å². The van der Waals surface area contributed by atoms with Crippen LogP contribution in [0.15, 0.2) is 61.2 Å². The molecule has 0 saturated carbocycles. The van der Waals surface area contributed by atoms with Gasteiger partial charge in [0.15, 0.2) is 5.65 Å². The smallest absolute Gasteiger partial charge is 0.257 e. The van der Waals surface area contributed by atoms with E-state index in [1.54, 1.807) is 18.5 Å². The Bertz CT molecular complexity index is 1200. The molecule has 0 spiro atoms. The minimum absolute atomic E-state index is 0.183. The Labute approximate surface area is 180 Å². The summed E-state index contributed by atoms with van der Waals surface area (Å²) >= 11 is 0. The van der Waals surface area contributed by atoms with Crippen molar-refractivity contribution in [3.05, 3.63) is 83.8 Å². The van der Waals surface area contributed by atoms with Crippen molar-refractivity contribution < 1.29 is 4.79 Å². The van der Waals surface area contributed by atoms with Gasteiger partial charge in [0, 0.05) is 43.3 Å². The fourth-order valence-corrected chi connectivity index (χ4v) is 4.00. The summed E-state index contributed by atoms with van der Waals surface area (Å²) in [6, 6.07) is 11.4. The normalized spacial score (nSPS) is 16.6. The second kappa shape index (κ2) is 8.23. The highest BCUT2D eigenvalue weighted by Crippen LogP contribution is 2.27. The highest BCUT2D eigenvalue weighted by molar-refractivity contribution is 6.04. The number of nitrogens with one attached hydrogen (secondary N) is 1. The lowest BCUT2D eigenvalue weighted by Crippen LogP contribution is -2.20. The van der Waals surface area contributed by atoms with E-state index in [-0.39, 0.29) is 11.8 Å². The van der Waals surface area contributed by atoms with Crippen molar-refractivity contribution >= 4 is 17.2 Å². The second-order valence-corrected chi connectivity index (χ2v) is 7.93. The van der Waals surface area contributed by atoms with E-state index in [2.05, 4.69) is 36.4 Å². The Hall–Kier alpha value is -3.65. The van der Waals surface area contributed by atoms with Gasteiger partial charge in [0.1, 0.15) is 5.82 Å². The number of carbonyl (C=O) groups is 1. The maximum Gasteiger partial charge on any atom is 0.257 e. The number of amides is 1. The van der Waals surface area contributed by atoms with Crippen LogP contribution in [0.5, 0.6) is 0 Å². The van der Waals surface area contributed by atoms with E-state index in [1.807, 2.05) is 48.0 Å². The zero-order chi connectivity index (χ0) is 21.2. The Balaban J connectivity index is 1.33. The minimum atomic E-state index is -0.183. The van der Waals surface area contributed by atoms with Gasteiger partial charge < -0.3 is 5.32 Å². The van der Waals surface area contributed by atoms with Gasteiger partial charge in [0.2, 0.25) is 0 Å². The first-order valence-corrected chi connectivity index (χ1v) is 10.4. The summed E-state index contributed by atoms with van der Waals surface area (Å²) in [5.74, 6) is 0.985. The number of rotatable bonds is 5. The number of anilines is 1. The molecule has 4 aromatic heterocycles. The predicted octanol–water partition coefficient (Wildman–Crippen LogP) is 3.07. The van der Waals surface area contributed by atoms with Crippen LogP contribution in [0.1, 0.15) is 39.8 Å². The molecule has 1 aliphatic rings. The monoisotopic (exact) mass is 413 g/mol. The second-order valence-electron chi connectivity index (χ2n) is 7.93. The molecule has 0 radical (unpaired) electrons. The van der Waals surface area contributed by atoms with E-state index in [1.165, 1.54) is 5.56 Å². The van der Waals surface area contributed by atoms with Crippen molar-refractivity contribution in [1.29, 1.82) is 0 Å². The van der Waals surface area contributed by atoms with Crippen LogP contribution in [0.25, 0.3) is 5.65 Å². The molecule has 156 valence electrons. The van der Waals surface area contributed by atoms with Crippen molar-refractivity contribution in [2.45, 2.75) is 25.8 Å². The first-order chi connectivity index (χ1) is 15.2. The Morgan fingerprint density at radius 3 is 2.90 bits per heavy atom. The molecule has 1 aliphatic heterocycles. The quantitative estimate of drug-likeness (QED) is 0.541. The molecule has 1 atom stereocenters. The fourth-order valence-electron chi connectivity index (χ4n) is 4.00. The summed E-state index contributed by atoms with van der Waals surface area (Å²) in [6.07, 6.45) is 8.19. The van der Waals surface area contributed by atoms with E-state index in [9.17, 15) is 4.79 Å². The highest BCUT2D eigenvalue weighted by Gasteiger charge is 2.28. The molecule has 4 aromatic rings. The first kappa shape index (κ1) is 19.3. The predicted molar refractivity (Wildman–Crippen MR) is 117 cm³/mol. The van der Waals surface area contributed by atoms with Crippen LogP contribution in [0, 0.1) is 6.92 Å². The van der Waals surface area contributed by atoms with E-state index < -0.39 is 0 Å². The summed E-state index contributed by atoms with van der Waals surface area (Å²) in [4.78, 5) is 23.6. The van der Waals surface area contributed by atoms with Gasteiger partial charge in [0.25, 0.3) is 5.91 Å². The lowest BCUT2D eigenvalue weighted by molar-refractivity contribution is 0.102. The van der Waals surface area contributed by atoms with Crippen LogP contribution in [0.4, 0.5) is 5.69 Å². The summed E-state index contributed by atoms with van der Waals surface area (Å²) in [5, 5.41) is 11.7. The minimum Gasteiger partial charge on any atom is -0.321 e. The van der Waals surface area contributed by atoms with Crippen LogP contribution < -0.4 is 5.32 Å². The molecule has 0 bridgehead atoms. The Kier molecular flexibility index (Phi) is 5.13. The van der Waals surface area contributed by atoms with Gasteiger partial charge in [-0.2, -0.15) is 0 Å². The molecule has 0 unspecified atom stereocenters. The largest absolute Gasteiger partial charge is 0.321 e. The zero-order valence-corrected chi connectivity index (χ0v) is 17.3. The van der Waals surface area contributed by atoms with E-state index in [0.717, 1.165) is 43.2 Å². The summed E-state index contributed by atoms with van der Waals surface area (Å²) in [6.45, 7) is 4.68. The van der Waals surface area contributed by atoms with Crippen molar-refractivity contribution in [1.82, 2.24) is 29.5 Å². The van der Waals surface area contributed by atoms with Crippen LogP contribution in [-0.2, 0) is 6.54 Å². The molecule has 8 heteroatoms. The number of fused-ring (bicyclic) bond motifs is 1. The molecule has 1 N–H and O–H groups in total. The van der Waals surface area contributed by atoms with E-state index in [0.29, 0.717) is 11.3 Å². The molecule has 1 amide bonds. The van der Waals surface area contributed by atoms with Crippen molar-refractivity contribution in [2.24, 2.45) is 0 Å². The lowest BCUT2D eigenvalue weighted by Gasteiger charge is -2.15. The van der Waals surface area contributed by atoms with Crippen LogP contribution >= 0.6 is 0 Å². The summed E-state index contributed by atoms with van der Waals surface area (Å²) in [7, 11) is 0. The molecule has 8 nitrogen and oxygen atoms in total. The van der Waals surface area contributed by atoms with Gasteiger partial charge in [-0.05, 0) is 55.8 Å². The third kappa shape index (κ3) is 4.15. The number of hydrogen-bond donors (Lipinski definition) is 1. The topological polar surface area (TPSA) is 88.3 Å². The molecule has 0 aliphatic carbocycles. The summed E-state index contributed by atoms with van der Waals surface area (Å²) < 4.78 is 1.94. The number of likely N-dealkylation sites (tertiary alicyclic amines) is 1. The van der Waals surface area contributed by atoms with Gasteiger partial charge in [-0.25, -0.2) is 0 Å². The maximum absolute atomic E-state index is 12.7. The molecule has 1 fully saturated rings. The molecule has 31 heavy (non-hydrogen) atoms. The van der Waals surface area contributed by atoms with Crippen molar-refractivity contribution in [3.63, 3.8) is 0 Å². The molecular weight excluding hydrogens is 390 g/mol.